The number of hydrogen-bond acceptors (Lipinski definition) is 8. The zero-order valence-corrected chi connectivity index (χ0v) is 51.1. The maximum Gasteiger partial charge on any atom is 0.472 e. The first-order valence-corrected chi connectivity index (χ1v) is 33.9. The Balaban J connectivity index is 3.89. The molecule has 77 heavy (non-hydrogen) atoms. The third-order valence-electron chi connectivity index (χ3n) is 14.1. The summed E-state index contributed by atoms with van der Waals surface area (Å²) in [7, 11) is -4.39. The van der Waals surface area contributed by atoms with Crippen LogP contribution in [-0.4, -0.2) is 49.3 Å². The summed E-state index contributed by atoms with van der Waals surface area (Å²) in [5.74, 6) is -0.816. The van der Waals surface area contributed by atoms with Crippen LogP contribution in [0.3, 0.4) is 0 Å². The fourth-order valence-electron chi connectivity index (χ4n) is 9.31. The minimum atomic E-state index is -4.39. The number of ether oxygens (including phenoxy) is 2. The number of carbonyl (C=O) groups excluding carboxylic acids is 2. The summed E-state index contributed by atoms with van der Waals surface area (Å²) < 4.78 is 33.1. The molecule has 0 aromatic carbocycles. The molecule has 10 heteroatoms. The van der Waals surface area contributed by atoms with E-state index in [4.69, 9.17) is 24.3 Å². The van der Waals surface area contributed by atoms with Crippen molar-refractivity contribution in [2.75, 3.05) is 26.4 Å². The lowest BCUT2D eigenvalue weighted by Gasteiger charge is -2.19. The van der Waals surface area contributed by atoms with Crippen LogP contribution in [0.4, 0.5) is 0 Å². The van der Waals surface area contributed by atoms with Crippen molar-refractivity contribution in [3.63, 3.8) is 0 Å². The number of nitrogens with two attached hydrogens (primary N) is 1. The van der Waals surface area contributed by atoms with Gasteiger partial charge in [0.2, 0.25) is 0 Å². The SMILES string of the molecule is CC/C=C\C/C=C\C/C=C\C/C=C\C/C=C\CCCCCCCCCCCCCCCCCCCC(=O)OC(COC(=O)CCCCCCCCCCCCC/C=C\CCCCCCCCCC)COP(=O)(O)OCCN. The third kappa shape index (κ3) is 62.5. The molecule has 0 spiro atoms. The minimum Gasteiger partial charge on any atom is -0.462 e. The summed E-state index contributed by atoms with van der Waals surface area (Å²) in [5, 5.41) is 0. The van der Waals surface area contributed by atoms with Crippen molar-refractivity contribution in [1.82, 2.24) is 0 Å². The minimum absolute atomic E-state index is 0.0530. The van der Waals surface area contributed by atoms with Crippen LogP contribution >= 0.6 is 7.82 Å². The largest absolute Gasteiger partial charge is 0.472 e. The Hall–Kier alpha value is -2.55. The smallest absolute Gasteiger partial charge is 0.462 e. The topological polar surface area (TPSA) is 134 Å². The van der Waals surface area contributed by atoms with E-state index in [-0.39, 0.29) is 38.6 Å². The Morgan fingerprint density at radius 1 is 0.403 bits per heavy atom. The molecule has 2 atom stereocenters. The average Bonchev–Trinajstić information content (AvgIpc) is 3.42. The number of rotatable bonds is 61. The van der Waals surface area contributed by atoms with Crippen LogP contribution in [0.5, 0.6) is 0 Å². The molecule has 0 heterocycles. The predicted octanol–water partition coefficient (Wildman–Crippen LogP) is 20.9. The Bertz CT molecular complexity index is 1490. The van der Waals surface area contributed by atoms with E-state index in [1.165, 1.54) is 205 Å². The molecule has 0 rings (SSSR count). The molecule has 3 N–H and O–H groups in total. The lowest BCUT2D eigenvalue weighted by atomic mass is 10.0. The molecule has 0 bridgehead atoms. The Morgan fingerprint density at radius 3 is 1.08 bits per heavy atom. The van der Waals surface area contributed by atoms with Crippen molar-refractivity contribution in [2.45, 2.75) is 315 Å². The van der Waals surface area contributed by atoms with E-state index in [1.807, 2.05) is 0 Å². The summed E-state index contributed by atoms with van der Waals surface area (Å²) in [6.07, 6.45) is 81.2. The maximum absolute atomic E-state index is 12.7. The number of allylic oxidation sites excluding steroid dienone is 12. The zero-order chi connectivity index (χ0) is 55.9. The first-order valence-electron chi connectivity index (χ1n) is 32.4. The van der Waals surface area contributed by atoms with E-state index in [0.717, 1.165) is 70.6 Å². The highest BCUT2D eigenvalue weighted by atomic mass is 31.2. The third-order valence-corrected chi connectivity index (χ3v) is 15.1. The van der Waals surface area contributed by atoms with Crippen LogP contribution < -0.4 is 5.73 Å². The van der Waals surface area contributed by atoms with E-state index in [0.29, 0.717) is 6.42 Å². The molecule has 0 aromatic rings. The van der Waals surface area contributed by atoms with Crippen LogP contribution in [0, 0.1) is 0 Å². The van der Waals surface area contributed by atoms with Gasteiger partial charge in [0.15, 0.2) is 6.10 Å². The lowest BCUT2D eigenvalue weighted by Crippen LogP contribution is -2.29. The van der Waals surface area contributed by atoms with E-state index < -0.39 is 26.5 Å². The van der Waals surface area contributed by atoms with Crippen LogP contribution in [-0.2, 0) is 32.7 Å². The number of phosphoric acid groups is 1. The molecule has 448 valence electrons. The molecule has 0 aromatic heterocycles. The van der Waals surface area contributed by atoms with Crippen LogP contribution in [0.2, 0.25) is 0 Å². The van der Waals surface area contributed by atoms with Gasteiger partial charge in [-0.1, -0.05) is 286 Å². The molecule has 0 aliphatic carbocycles. The van der Waals surface area contributed by atoms with Crippen molar-refractivity contribution in [3.05, 3.63) is 72.9 Å². The Labute approximate surface area is 475 Å². The Kier molecular flexibility index (Phi) is 60.6. The molecule has 0 aliphatic heterocycles. The van der Waals surface area contributed by atoms with Crippen LogP contribution in [0.1, 0.15) is 309 Å². The van der Waals surface area contributed by atoms with Gasteiger partial charge in [0.25, 0.3) is 0 Å². The second-order valence-electron chi connectivity index (χ2n) is 21.6. The zero-order valence-electron chi connectivity index (χ0n) is 50.2. The van der Waals surface area contributed by atoms with E-state index >= 15 is 0 Å². The molecular formula is C67H122NO8P. The van der Waals surface area contributed by atoms with Gasteiger partial charge in [0.05, 0.1) is 13.2 Å². The summed E-state index contributed by atoms with van der Waals surface area (Å²) in [4.78, 5) is 35.3. The van der Waals surface area contributed by atoms with Gasteiger partial charge in [-0.2, -0.15) is 0 Å². The fraction of sp³-hybridized carbons (Fsp3) is 0.791. The summed E-state index contributed by atoms with van der Waals surface area (Å²) >= 11 is 0. The molecule has 0 amide bonds. The van der Waals surface area contributed by atoms with Crippen molar-refractivity contribution in [1.29, 1.82) is 0 Å². The van der Waals surface area contributed by atoms with Crippen molar-refractivity contribution in [2.24, 2.45) is 5.73 Å². The molecular weight excluding hydrogens is 978 g/mol. The molecule has 2 unspecified atom stereocenters. The summed E-state index contributed by atoms with van der Waals surface area (Å²) in [6.45, 7) is 3.67. The number of hydrogen-bond donors (Lipinski definition) is 2. The quantitative estimate of drug-likeness (QED) is 0.0264. The molecule has 0 saturated heterocycles. The van der Waals surface area contributed by atoms with Gasteiger partial charge in [-0.3, -0.25) is 18.6 Å². The van der Waals surface area contributed by atoms with Crippen molar-refractivity contribution >= 4 is 19.8 Å². The van der Waals surface area contributed by atoms with Crippen LogP contribution in [0.15, 0.2) is 72.9 Å². The summed E-state index contributed by atoms with van der Waals surface area (Å²) in [6, 6.07) is 0. The lowest BCUT2D eigenvalue weighted by molar-refractivity contribution is -0.161. The number of esters is 2. The summed E-state index contributed by atoms with van der Waals surface area (Å²) in [5.41, 5.74) is 5.39. The second-order valence-corrected chi connectivity index (χ2v) is 23.1. The van der Waals surface area contributed by atoms with Gasteiger partial charge in [0, 0.05) is 19.4 Å². The van der Waals surface area contributed by atoms with Crippen molar-refractivity contribution < 1.29 is 37.6 Å². The van der Waals surface area contributed by atoms with Gasteiger partial charge in [0.1, 0.15) is 6.61 Å². The van der Waals surface area contributed by atoms with E-state index in [1.54, 1.807) is 0 Å². The first kappa shape index (κ1) is 74.5. The number of carbonyl (C=O) groups is 2. The highest BCUT2D eigenvalue weighted by Crippen LogP contribution is 2.43. The molecule has 0 radical (unpaired) electrons. The fourth-order valence-corrected chi connectivity index (χ4v) is 10.1. The van der Waals surface area contributed by atoms with Gasteiger partial charge >= 0.3 is 19.8 Å². The highest BCUT2D eigenvalue weighted by molar-refractivity contribution is 7.47. The van der Waals surface area contributed by atoms with Gasteiger partial charge in [-0.05, 0) is 83.5 Å². The molecule has 9 nitrogen and oxygen atoms in total. The van der Waals surface area contributed by atoms with Crippen molar-refractivity contribution in [3.8, 4) is 0 Å². The Morgan fingerprint density at radius 2 is 0.714 bits per heavy atom. The molecule has 0 aliphatic rings. The van der Waals surface area contributed by atoms with E-state index in [2.05, 4.69) is 86.8 Å². The van der Waals surface area contributed by atoms with E-state index in [9.17, 15) is 19.0 Å². The standard InChI is InChI=1S/C67H122NO8P/c1-3-5-7-9-11-13-15-17-19-21-23-25-27-28-29-30-31-32-33-34-35-36-38-40-42-44-46-48-50-52-54-56-58-60-67(70)76-65(64-75-77(71,72)74-62-61-68)63-73-66(69)59-57-55-53-51-49-47-45-43-41-39-37-26-24-22-20-18-16-14-12-10-8-6-4-2/h5,7,11,13,17,19,22-25,28-29,65H,3-4,6,8-10,12,14-16,18,20-21,26-27,30-64,68H2,1-2H3,(H,71,72)/b7-5-,13-11-,19-17-,24-22-,25-23-,29-28-. The molecule has 0 fully saturated rings. The number of phosphoric ester groups is 1. The maximum atomic E-state index is 12.7. The van der Waals surface area contributed by atoms with Gasteiger partial charge < -0.3 is 20.1 Å². The number of unbranched alkanes of at least 4 members (excludes halogenated alkanes) is 36. The highest BCUT2D eigenvalue weighted by Gasteiger charge is 2.26. The average molecular weight is 1100 g/mol. The van der Waals surface area contributed by atoms with Gasteiger partial charge in [-0.15, -0.1) is 0 Å². The van der Waals surface area contributed by atoms with Gasteiger partial charge in [-0.25, -0.2) is 4.57 Å². The first-order chi connectivity index (χ1) is 37.8. The monoisotopic (exact) mass is 1100 g/mol. The van der Waals surface area contributed by atoms with Crippen LogP contribution in [0.25, 0.3) is 0 Å². The second kappa shape index (κ2) is 62.6. The molecule has 0 saturated carbocycles. The predicted molar refractivity (Wildman–Crippen MR) is 330 cm³/mol. The normalized spacial score (nSPS) is 13.5.